The van der Waals surface area contributed by atoms with Crippen molar-refractivity contribution in [1.29, 1.82) is 5.26 Å². The largest absolute Gasteiger partial charge is 0.496 e. The molecule has 1 unspecified atom stereocenters. The van der Waals surface area contributed by atoms with Crippen LogP contribution in [-0.4, -0.2) is 23.0 Å². The second-order valence-corrected chi connectivity index (χ2v) is 7.65. The summed E-state index contributed by atoms with van der Waals surface area (Å²) in [5.41, 5.74) is 6.70. The Labute approximate surface area is 131 Å². The standard InChI is InChI=1S/C14H16N4OS2/c1-19-12-5-3-2-4-11(12)6-8-21(18-14(16)20)9-7-17-13(21)10-15/h2-5,7,9H,6,8H2,1H3,(H3,16,18,20). The molecule has 7 heteroatoms. The summed E-state index contributed by atoms with van der Waals surface area (Å²) in [4.78, 5) is 4.12. The first kappa shape index (κ1) is 15.4. The number of hydrogen-bond donors (Lipinski definition) is 2. The second-order valence-electron chi connectivity index (χ2n) is 4.36. The van der Waals surface area contributed by atoms with Gasteiger partial charge < -0.3 is 15.2 Å². The minimum Gasteiger partial charge on any atom is -0.496 e. The average molecular weight is 320 g/mol. The van der Waals surface area contributed by atoms with Gasteiger partial charge in [-0.15, -0.1) is 0 Å². The van der Waals surface area contributed by atoms with Gasteiger partial charge in [-0.1, -0.05) is 28.4 Å². The Morgan fingerprint density at radius 1 is 1.52 bits per heavy atom. The van der Waals surface area contributed by atoms with Gasteiger partial charge in [-0.2, -0.15) is 5.26 Å². The molecule has 0 spiro atoms. The van der Waals surface area contributed by atoms with Crippen molar-refractivity contribution in [3.8, 4) is 11.8 Å². The molecule has 1 aromatic rings. The van der Waals surface area contributed by atoms with Gasteiger partial charge in [-0.05, 0) is 35.7 Å². The average Bonchev–Trinajstić information content (AvgIpc) is 2.87. The highest BCUT2D eigenvalue weighted by Crippen LogP contribution is 2.50. The van der Waals surface area contributed by atoms with Crippen molar-refractivity contribution in [2.24, 2.45) is 10.7 Å². The van der Waals surface area contributed by atoms with E-state index in [1.54, 1.807) is 13.3 Å². The lowest BCUT2D eigenvalue weighted by molar-refractivity contribution is 0.410. The highest BCUT2D eigenvalue weighted by atomic mass is 32.3. The Bertz CT molecular complexity index is 651. The Morgan fingerprint density at radius 2 is 2.29 bits per heavy atom. The summed E-state index contributed by atoms with van der Waals surface area (Å²) >= 11 is 4.95. The number of nitrogens with zero attached hydrogens (tertiary/aromatic N) is 2. The highest BCUT2D eigenvalue weighted by molar-refractivity contribution is 8.47. The third-order valence-electron chi connectivity index (χ3n) is 3.09. The van der Waals surface area contributed by atoms with Crippen molar-refractivity contribution >= 4 is 32.6 Å². The van der Waals surface area contributed by atoms with Crippen LogP contribution in [0.2, 0.25) is 0 Å². The molecule has 0 aromatic heterocycles. The van der Waals surface area contributed by atoms with E-state index in [1.165, 1.54) is 0 Å². The molecular weight excluding hydrogens is 304 g/mol. The number of nitriles is 1. The summed E-state index contributed by atoms with van der Waals surface area (Å²) in [6, 6.07) is 9.96. The number of hydrogen-bond acceptors (Lipinski definition) is 4. The van der Waals surface area contributed by atoms with Crippen molar-refractivity contribution in [3.63, 3.8) is 0 Å². The summed E-state index contributed by atoms with van der Waals surface area (Å²) in [7, 11) is -0.0927. The molecule has 0 saturated carbocycles. The fourth-order valence-corrected chi connectivity index (χ4v) is 4.88. The van der Waals surface area contributed by atoms with Gasteiger partial charge in [0.2, 0.25) is 0 Å². The van der Waals surface area contributed by atoms with Crippen LogP contribution < -0.4 is 15.2 Å². The summed E-state index contributed by atoms with van der Waals surface area (Å²) < 4.78 is 8.43. The van der Waals surface area contributed by atoms with Crippen molar-refractivity contribution < 1.29 is 4.74 Å². The van der Waals surface area contributed by atoms with Crippen molar-refractivity contribution in [1.82, 2.24) is 4.72 Å². The van der Waals surface area contributed by atoms with E-state index in [1.807, 2.05) is 29.7 Å². The van der Waals surface area contributed by atoms with Gasteiger partial charge in [0.1, 0.15) is 11.8 Å². The SMILES string of the molecule is COc1ccccc1CCS1(NC(N)=S)C=CN=C1C#N. The molecule has 0 fully saturated rings. The van der Waals surface area contributed by atoms with Crippen LogP contribution in [0.1, 0.15) is 5.56 Å². The Hall–Kier alpha value is -2.04. The van der Waals surface area contributed by atoms with E-state index in [0.29, 0.717) is 10.8 Å². The van der Waals surface area contributed by atoms with Crippen LogP contribution in [-0.2, 0) is 6.42 Å². The number of nitrogens with one attached hydrogen (secondary N) is 1. The number of benzene rings is 1. The fraction of sp³-hybridized carbons (Fsp3) is 0.214. The number of ether oxygens (including phenoxy) is 1. The van der Waals surface area contributed by atoms with Crippen LogP contribution in [0.3, 0.4) is 0 Å². The van der Waals surface area contributed by atoms with Crippen LogP contribution in [0, 0.1) is 11.3 Å². The topological polar surface area (TPSA) is 83.4 Å². The maximum atomic E-state index is 9.26. The first-order valence-corrected chi connectivity index (χ1v) is 8.53. The molecule has 1 heterocycles. The second kappa shape index (κ2) is 6.61. The van der Waals surface area contributed by atoms with Gasteiger partial charge in [-0.25, -0.2) is 4.99 Å². The molecule has 110 valence electrons. The number of rotatable bonds is 5. The van der Waals surface area contributed by atoms with E-state index >= 15 is 0 Å². The van der Waals surface area contributed by atoms with Gasteiger partial charge in [0.25, 0.3) is 0 Å². The summed E-state index contributed by atoms with van der Waals surface area (Å²) in [6.45, 7) is 0. The first-order chi connectivity index (χ1) is 10.1. The molecule has 21 heavy (non-hydrogen) atoms. The molecular formula is C14H16N4OS2. The normalized spacial score (nSPS) is 22.8. The zero-order valence-electron chi connectivity index (χ0n) is 11.6. The van der Waals surface area contributed by atoms with E-state index in [4.69, 9.17) is 22.7 Å². The smallest absolute Gasteiger partial charge is 0.177 e. The van der Waals surface area contributed by atoms with E-state index in [9.17, 15) is 5.26 Å². The molecule has 1 aliphatic rings. The zero-order chi connectivity index (χ0) is 15.3. The quantitative estimate of drug-likeness (QED) is 0.813. The van der Waals surface area contributed by atoms with E-state index < -0.39 is 10.2 Å². The van der Waals surface area contributed by atoms with Gasteiger partial charge in [0, 0.05) is 12.0 Å². The maximum absolute atomic E-state index is 9.26. The van der Waals surface area contributed by atoms with Gasteiger partial charge in [0.05, 0.1) is 7.11 Å². The number of aliphatic imine (C=N–C) groups is 1. The predicted molar refractivity (Wildman–Crippen MR) is 91.3 cm³/mol. The molecule has 0 radical (unpaired) electrons. The molecule has 2 rings (SSSR count). The minimum absolute atomic E-state index is 0.180. The van der Waals surface area contributed by atoms with Crippen molar-refractivity contribution in [2.45, 2.75) is 6.42 Å². The lowest BCUT2D eigenvalue weighted by Gasteiger charge is -2.33. The molecule has 1 aliphatic heterocycles. The lowest BCUT2D eigenvalue weighted by atomic mass is 10.1. The van der Waals surface area contributed by atoms with Crippen molar-refractivity contribution in [3.05, 3.63) is 41.4 Å². The number of nitrogens with two attached hydrogens (primary N) is 1. The molecule has 1 atom stereocenters. The van der Waals surface area contributed by atoms with Gasteiger partial charge in [-0.3, -0.25) is 0 Å². The number of para-hydroxylation sites is 1. The third-order valence-corrected chi connectivity index (χ3v) is 6.23. The molecule has 0 bridgehead atoms. The summed E-state index contributed by atoms with van der Waals surface area (Å²) in [5, 5.41) is 11.8. The summed E-state index contributed by atoms with van der Waals surface area (Å²) in [6.07, 6.45) is 2.38. The highest BCUT2D eigenvalue weighted by Gasteiger charge is 2.31. The van der Waals surface area contributed by atoms with Crippen LogP contribution >= 0.6 is 22.4 Å². The molecule has 1 aromatic carbocycles. The summed E-state index contributed by atoms with van der Waals surface area (Å²) in [5.74, 6) is 1.52. The van der Waals surface area contributed by atoms with Crippen molar-refractivity contribution in [2.75, 3.05) is 12.9 Å². The molecule has 5 nitrogen and oxygen atoms in total. The molecule has 0 saturated heterocycles. The predicted octanol–water partition coefficient (Wildman–Crippen LogP) is 2.20. The van der Waals surface area contributed by atoms with Gasteiger partial charge >= 0.3 is 0 Å². The number of thiocarbonyl (C=S) groups is 1. The molecule has 0 aliphatic carbocycles. The van der Waals surface area contributed by atoms with E-state index in [2.05, 4.69) is 15.8 Å². The minimum atomic E-state index is -1.74. The first-order valence-electron chi connectivity index (χ1n) is 6.26. The molecule has 3 N–H and O–H groups in total. The van der Waals surface area contributed by atoms with Crippen LogP contribution in [0.25, 0.3) is 0 Å². The zero-order valence-corrected chi connectivity index (χ0v) is 13.2. The molecule has 0 amide bonds. The Balaban J connectivity index is 2.22. The van der Waals surface area contributed by atoms with Gasteiger partial charge in [0.15, 0.2) is 10.2 Å². The van der Waals surface area contributed by atoms with E-state index in [0.717, 1.165) is 17.7 Å². The number of methoxy groups -OCH3 is 1. The fourth-order valence-electron chi connectivity index (χ4n) is 2.13. The Morgan fingerprint density at radius 3 is 2.95 bits per heavy atom. The van der Waals surface area contributed by atoms with Crippen LogP contribution in [0.5, 0.6) is 5.75 Å². The van der Waals surface area contributed by atoms with E-state index in [-0.39, 0.29) is 5.11 Å². The maximum Gasteiger partial charge on any atom is 0.177 e. The monoisotopic (exact) mass is 320 g/mol. The Kier molecular flexibility index (Phi) is 4.83. The van der Waals surface area contributed by atoms with Crippen LogP contribution in [0.4, 0.5) is 0 Å². The lowest BCUT2D eigenvalue weighted by Crippen LogP contribution is -2.35. The third kappa shape index (κ3) is 3.35. The number of aryl methyl sites for hydroxylation is 1. The van der Waals surface area contributed by atoms with Crippen LogP contribution in [0.15, 0.2) is 40.9 Å².